The average Bonchev–Trinajstić information content (AvgIpc) is 3.51. The molecule has 2 aliphatic carbocycles. The van der Waals surface area contributed by atoms with Gasteiger partial charge in [0, 0.05) is 24.9 Å². The highest BCUT2D eigenvalue weighted by Gasteiger charge is 2.49. The summed E-state index contributed by atoms with van der Waals surface area (Å²) in [7, 11) is 0. The Kier molecular flexibility index (Phi) is 6.21. The number of hydrogen-bond acceptors (Lipinski definition) is 7. The van der Waals surface area contributed by atoms with Gasteiger partial charge in [-0.15, -0.1) is 0 Å². The number of aromatic amines is 1. The van der Waals surface area contributed by atoms with Gasteiger partial charge in [-0.05, 0) is 94.4 Å². The van der Waals surface area contributed by atoms with Crippen molar-refractivity contribution in [2.45, 2.75) is 83.3 Å². The molecule has 3 aliphatic rings. The predicted molar refractivity (Wildman–Crippen MR) is 157 cm³/mol. The summed E-state index contributed by atoms with van der Waals surface area (Å²) in [6.45, 7) is 6.59. The molecule has 0 unspecified atom stereocenters. The van der Waals surface area contributed by atoms with Gasteiger partial charge in [-0.25, -0.2) is 14.8 Å². The Balaban J connectivity index is 1.10. The molecular formula is C32H37N7O2. The Labute approximate surface area is 240 Å². The molecule has 1 spiro atoms. The molecule has 4 aromatic rings. The molecule has 1 aliphatic heterocycles. The maximum absolute atomic E-state index is 12.9. The van der Waals surface area contributed by atoms with Crippen LogP contribution in [0.15, 0.2) is 48.8 Å². The van der Waals surface area contributed by atoms with Crippen LogP contribution in [0.25, 0.3) is 11.2 Å². The largest absolute Gasteiger partial charge is 0.444 e. The van der Waals surface area contributed by atoms with Gasteiger partial charge in [0.15, 0.2) is 17.0 Å². The molecule has 1 saturated carbocycles. The second-order valence-corrected chi connectivity index (χ2v) is 12.9. The van der Waals surface area contributed by atoms with Crippen LogP contribution in [0.3, 0.4) is 0 Å². The number of carbonyl (C=O) groups is 1. The molecule has 7 rings (SSSR count). The number of amides is 1. The first-order valence-corrected chi connectivity index (χ1v) is 14.8. The Morgan fingerprint density at radius 3 is 2.78 bits per heavy atom. The van der Waals surface area contributed by atoms with Gasteiger partial charge in [-0.1, -0.05) is 24.3 Å². The van der Waals surface area contributed by atoms with E-state index < -0.39 is 5.60 Å². The van der Waals surface area contributed by atoms with E-state index in [2.05, 4.69) is 55.7 Å². The van der Waals surface area contributed by atoms with Gasteiger partial charge in [0.25, 0.3) is 0 Å². The fourth-order valence-electron chi connectivity index (χ4n) is 7.20. The number of pyridine rings is 1. The van der Waals surface area contributed by atoms with Crippen molar-refractivity contribution < 1.29 is 9.53 Å². The van der Waals surface area contributed by atoms with Crippen LogP contribution in [0.4, 0.5) is 16.3 Å². The molecule has 1 fully saturated rings. The van der Waals surface area contributed by atoms with E-state index >= 15 is 0 Å². The third kappa shape index (κ3) is 4.71. The number of nitrogens with one attached hydrogen (secondary N) is 2. The number of aryl methyl sites for hydroxylation is 1. The zero-order valence-corrected chi connectivity index (χ0v) is 24.0. The highest BCUT2D eigenvalue weighted by Crippen LogP contribution is 2.56. The monoisotopic (exact) mass is 551 g/mol. The van der Waals surface area contributed by atoms with E-state index in [0.717, 1.165) is 85.5 Å². The Bertz CT molecular complexity index is 1600. The number of anilines is 2. The highest BCUT2D eigenvalue weighted by molar-refractivity contribution is 5.86. The van der Waals surface area contributed by atoms with Crippen molar-refractivity contribution in [2.24, 2.45) is 5.41 Å². The summed E-state index contributed by atoms with van der Waals surface area (Å²) < 4.78 is 5.66. The molecule has 9 nitrogen and oxygen atoms in total. The Hall–Kier alpha value is -4.01. The highest BCUT2D eigenvalue weighted by atomic mass is 16.6. The molecule has 1 atom stereocenters. The maximum Gasteiger partial charge on any atom is 0.408 e. The molecule has 1 aromatic carbocycles. The minimum absolute atomic E-state index is 0.0224. The predicted octanol–water partition coefficient (Wildman–Crippen LogP) is 6.30. The molecule has 1 amide bonds. The van der Waals surface area contributed by atoms with E-state index in [-0.39, 0.29) is 17.6 Å². The smallest absolute Gasteiger partial charge is 0.408 e. The third-order valence-electron chi connectivity index (χ3n) is 9.06. The fourth-order valence-corrected chi connectivity index (χ4v) is 7.20. The molecule has 0 saturated heterocycles. The van der Waals surface area contributed by atoms with Crippen LogP contribution in [-0.4, -0.2) is 43.4 Å². The lowest BCUT2D eigenvalue weighted by atomic mass is 9.66. The van der Waals surface area contributed by atoms with Crippen molar-refractivity contribution in [2.75, 3.05) is 11.4 Å². The summed E-state index contributed by atoms with van der Waals surface area (Å²) in [6.07, 6.45) is 10.4. The number of fused-ring (bicyclic) bond motifs is 3. The van der Waals surface area contributed by atoms with Crippen LogP contribution in [0.1, 0.15) is 87.3 Å². The van der Waals surface area contributed by atoms with Gasteiger partial charge in [-0.3, -0.25) is 10.1 Å². The molecule has 41 heavy (non-hydrogen) atoms. The Morgan fingerprint density at radius 2 is 1.95 bits per heavy atom. The lowest BCUT2D eigenvalue weighted by Crippen LogP contribution is -2.43. The number of nitrogens with zero attached hydrogens (tertiary/aromatic N) is 5. The van der Waals surface area contributed by atoms with E-state index in [1.165, 1.54) is 11.1 Å². The summed E-state index contributed by atoms with van der Waals surface area (Å²) in [5, 5.41) is 11.1. The molecule has 9 heteroatoms. The quantitative estimate of drug-likeness (QED) is 0.308. The van der Waals surface area contributed by atoms with Crippen molar-refractivity contribution in [3.05, 3.63) is 71.3 Å². The van der Waals surface area contributed by atoms with Gasteiger partial charge in [0.1, 0.15) is 5.60 Å². The summed E-state index contributed by atoms with van der Waals surface area (Å²) in [6, 6.07) is 12.5. The molecule has 4 heterocycles. The molecule has 0 bridgehead atoms. The number of ether oxygens (including phenoxy) is 1. The summed E-state index contributed by atoms with van der Waals surface area (Å²) in [5.74, 6) is 1.13. The van der Waals surface area contributed by atoms with Gasteiger partial charge in [0.2, 0.25) is 0 Å². The number of hydrogen-bond donors (Lipinski definition) is 2. The molecule has 0 radical (unpaired) electrons. The van der Waals surface area contributed by atoms with Crippen LogP contribution in [0.2, 0.25) is 0 Å². The summed E-state index contributed by atoms with van der Waals surface area (Å²) >= 11 is 0. The van der Waals surface area contributed by atoms with E-state index in [4.69, 9.17) is 14.7 Å². The standard InChI is InChI=1S/C32H37N7O2/c1-31(2,3)41-30(40)36-27-22-9-5-4-8-21(22)18-32(27)14-12-20(13-15-32)24-19-34-26-28(35-24)37-38-29(26)39-17-7-10-23-25(39)11-6-16-33-23/h4-6,8-9,11,16,19-20,27H,7,10,12-15,17-18H2,1-3H3,(H,36,40)(H,35,37,38)/t20-,27-,32-/m1/s1. The zero-order chi connectivity index (χ0) is 28.2. The second kappa shape index (κ2) is 9.82. The summed E-state index contributed by atoms with van der Waals surface area (Å²) in [4.78, 5) is 29.6. The number of benzene rings is 1. The topological polar surface area (TPSA) is 109 Å². The van der Waals surface area contributed by atoms with Crippen molar-refractivity contribution in [3.8, 4) is 0 Å². The average molecular weight is 552 g/mol. The SMILES string of the molecule is CC(C)(C)OC(=O)N[C@@H]1c2ccccc2C[C@]12CC[C@@H](c1cnc3c(N4CCCc5ncccc54)n[nH]c3n1)CC2. The fraction of sp³-hybridized carbons (Fsp3) is 0.469. The van der Waals surface area contributed by atoms with Crippen molar-refractivity contribution in [1.82, 2.24) is 30.5 Å². The first-order valence-electron chi connectivity index (χ1n) is 14.8. The van der Waals surface area contributed by atoms with E-state index in [0.29, 0.717) is 5.92 Å². The number of H-pyrrole nitrogens is 1. The first-order chi connectivity index (χ1) is 19.8. The normalized spacial score (nSPS) is 23.8. The minimum Gasteiger partial charge on any atom is -0.444 e. The van der Waals surface area contributed by atoms with Gasteiger partial charge >= 0.3 is 6.09 Å². The maximum atomic E-state index is 12.9. The van der Waals surface area contributed by atoms with E-state index in [1.807, 2.05) is 39.2 Å². The van der Waals surface area contributed by atoms with E-state index in [1.54, 1.807) is 0 Å². The van der Waals surface area contributed by atoms with Crippen LogP contribution in [-0.2, 0) is 17.6 Å². The molecule has 3 aromatic heterocycles. The van der Waals surface area contributed by atoms with E-state index in [9.17, 15) is 4.79 Å². The zero-order valence-electron chi connectivity index (χ0n) is 24.0. The first kappa shape index (κ1) is 25.9. The number of carbonyl (C=O) groups excluding carboxylic acids is 1. The third-order valence-corrected chi connectivity index (χ3v) is 9.06. The second-order valence-electron chi connectivity index (χ2n) is 12.9. The van der Waals surface area contributed by atoms with Gasteiger partial charge in [-0.2, -0.15) is 5.10 Å². The minimum atomic E-state index is -0.537. The molecule has 212 valence electrons. The van der Waals surface area contributed by atoms with Crippen LogP contribution < -0.4 is 10.2 Å². The number of alkyl carbamates (subject to hydrolysis) is 1. The van der Waals surface area contributed by atoms with Crippen molar-refractivity contribution >= 4 is 28.8 Å². The van der Waals surface area contributed by atoms with Crippen LogP contribution in [0.5, 0.6) is 0 Å². The lowest BCUT2D eigenvalue weighted by molar-refractivity contribution is 0.0406. The molecular weight excluding hydrogens is 514 g/mol. The molecule has 2 N–H and O–H groups in total. The van der Waals surface area contributed by atoms with Crippen LogP contribution >= 0.6 is 0 Å². The van der Waals surface area contributed by atoms with Crippen molar-refractivity contribution in [1.29, 1.82) is 0 Å². The van der Waals surface area contributed by atoms with Gasteiger partial charge in [0.05, 0.1) is 23.1 Å². The van der Waals surface area contributed by atoms with Crippen molar-refractivity contribution in [3.63, 3.8) is 0 Å². The summed E-state index contributed by atoms with van der Waals surface area (Å²) in [5.41, 5.74) is 6.72. The van der Waals surface area contributed by atoms with Gasteiger partial charge < -0.3 is 15.0 Å². The number of rotatable bonds is 3. The number of aromatic nitrogens is 5. The van der Waals surface area contributed by atoms with Crippen LogP contribution in [0, 0.1) is 5.41 Å². The lowest BCUT2D eigenvalue weighted by Gasteiger charge is -2.42. The Morgan fingerprint density at radius 1 is 1.12 bits per heavy atom.